The van der Waals surface area contributed by atoms with Gasteiger partial charge in [0.2, 0.25) is 0 Å². The monoisotopic (exact) mass is 375 g/mol. The molecule has 0 saturated carbocycles. The minimum absolute atomic E-state index is 0.0901. The average Bonchev–Trinajstić information content (AvgIpc) is 2.95. The minimum Gasteiger partial charge on any atom is -0.492 e. The van der Waals surface area contributed by atoms with Gasteiger partial charge in [0.1, 0.15) is 11.6 Å². The molecule has 0 spiro atoms. The van der Waals surface area contributed by atoms with E-state index in [1.165, 1.54) is 6.20 Å². The third-order valence-electron chi connectivity index (χ3n) is 4.04. The lowest BCUT2D eigenvalue weighted by Crippen LogP contribution is -2.21. The Morgan fingerprint density at radius 1 is 1.31 bits per heavy atom. The fraction of sp³-hybridized carbons (Fsp3) is 0.333. The topological polar surface area (TPSA) is 97.4 Å². The molecule has 1 saturated heterocycles. The molecular formula is C18H21N3O4S. The van der Waals surface area contributed by atoms with Crippen LogP contribution in [0.1, 0.15) is 23.7 Å². The van der Waals surface area contributed by atoms with Crippen molar-refractivity contribution in [1.29, 1.82) is 0 Å². The number of aromatic nitrogens is 1. The molecule has 1 aromatic carbocycles. The van der Waals surface area contributed by atoms with E-state index >= 15 is 0 Å². The van der Waals surface area contributed by atoms with E-state index in [4.69, 9.17) is 4.74 Å². The highest BCUT2D eigenvalue weighted by Crippen LogP contribution is 2.24. The van der Waals surface area contributed by atoms with Gasteiger partial charge in [-0.25, -0.2) is 13.4 Å². The number of amides is 1. The maximum absolute atomic E-state index is 12.5. The van der Waals surface area contributed by atoms with Crippen LogP contribution in [0.25, 0.3) is 0 Å². The summed E-state index contributed by atoms with van der Waals surface area (Å²) in [7, 11) is -2.98. The maximum Gasteiger partial charge on any atom is 0.255 e. The smallest absolute Gasteiger partial charge is 0.255 e. The third kappa shape index (κ3) is 4.51. The maximum atomic E-state index is 12.5. The predicted octanol–water partition coefficient (Wildman–Crippen LogP) is 2.33. The van der Waals surface area contributed by atoms with Gasteiger partial charge in [0.25, 0.3) is 5.91 Å². The first-order valence-corrected chi connectivity index (χ1v) is 10.2. The summed E-state index contributed by atoms with van der Waals surface area (Å²) in [6.07, 6.45) is 2.07. The van der Waals surface area contributed by atoms with E-state index < -0.39 is 9.84 Å². The quantitative estimate of drug-likeness (QED) is 0.804. The van der Waals surface area contributed by atoms with E-state index in [2.05, 4.69) is 15.6 Å². The highest BCUT2D eigenvalue weighted by molar-refractivity contribution is 7.91. The number of sulfone groups is 1. The Morgan fingerprint density at radius 2 is 2.12 bits per heavy atom. The van der Waals surface area contributed by atoms with Gasteiger partial charge in [-0.1, -0.05) is 12.1 Å². The van der Waals surface area contributed by atoms with E-state index in [0.29, 0.717) is 35.8 Å². The zero-order chi connectivity index (χ0) is 18.6. The summed E-state index contributed by atoms with van der Waals surface area (Å²) < 4.78 is 28.6. The second-order valence-electron chi connectivity index (χ2n) is 6.06. The molecule has 0 bridgehead atoms. The van der Waals surface area contributed by atoms with Crippen molar-refractivity contribution in [3.05, 3.63) is 48.2 Å². The Balaban J connectivity index is 1.71. The molecule has 138 valence electrons. The highest BCUT2D eigenvalue weighted by Gasteiger charge is 2.28. The molecule has 2 N–H and O–H groups in total. The summed E-state index contributed by atoms with van der Waals surface area (Å²) in [5, 5.41) is 5.92. The lowest BCUT2D eigenvalue weighted by atomic mass is 10.2. The van der Waals surface area contributed by atoms with Crippen molar-refractivity contribution in [2.45, 2.75) is 19.4 Å². The van der Waals surface area contributed by atoms with Crippen LogP contribution in [0, 0.1) is 0 Å². The van der Waals surface area contributed by atoms with Crippen molar-refractivity contribution in [2.24, 2.45) is 0 Å². The number of nitrogens with zero attached hydrogens (tertiary/aromatic N) is 1. The molecule has 0 aliphatic carbocycles. The summed E-state index contributed by atoms with van der Waals surface area (Å²) in [5.74, 6) is 1.07. The van der Waals surface area contributed by atoms with E-state index in [9.17, 15) is 13.2 Å². The van der Waals surface area contributed by atoms with Crippen LogP contribution < -0.4 is 15.4 Å². The number of benzene rings is 1. The molecule has 1 atom stereocenters. The van der Waals surface area contributed by atoms with Crippen LogP contribution in [0.4, 0.5) is 11.5 Å². The van der Waals surface area contributed by atoms with Crippen LogP contribution >= 0.6 is 0 Å². The van der Waals surface area contributed by atoms with Gasteiger partial charge in [-0.2, -0.15) is 0 Å². The summed E-state index contributed by atoms with van der Waals surface area (Å²) in [6.45, 7) is 2.38. The molecule has 2 aromatic rings. The Labute approximate surface area is 152 Å². The van der Waals surface area contributed by atoms with Crippen LogP contribution in [-0.2, 0) is 9.84 Å². The van der Waals surface area contributed by atoms with Crippen LogP contribution in [0.3, 0.4) is 0 Å². The van der Waals surface area contributed by atoms with Gasteiger partial charge in [-0.15, -0.1) is 0 Å². The zero-order valence-electron chi connectivity index (χ0n) is 14.4. The number of nitrogens with one attached hydrogen (secondary N) is 2. The van der Waals surface area contributed by atoms with E-state index in [1.807, 2.05) is 19.1 Å². The Kier molecular flexibility index (Phi) is 5.41. The third-order valence-corrected chi connectivity index (χ3v) is 5.81. The van der Waals surface area contributed by atoms with Gasteiger partial charge < -0.3 is 15.4 Å². The van der Waals surface area contributed by atoms with Gasteiger partial charge in [-0.05, 0) is 37.6 Å². The second kappa shape index (κ2) is 7.74. The number of pyridine rings is 1. The number of hydrogen-bond acceptors (Lipinski definition) is 6. The largest absolute Gasteiger partial charge is 0.492 e. The molecule has 1 aliphatic rings. The number of anilines is 2. The van der Waals surface area contributed by atoms with Gasteiger partial charge in [0.15, 0.2) is 9.84 Å². The standard InChI is InChI=1S/C18H21N3O4S/c1-2-25-16-6-4-3-5-15(16)21-18(22)13-7-9-19-17(11-13)20-14-8-10-26(23,24)12-14/h3-7,9,11,14H,2,8,10,12H2,1H3,(H,19,20)(H,21,22). The Morgan fingerprint density at radius 3 is 2.85 bits per heavy atom. The fourth-order valence-corrected chi connectivity index (χ4v) is 4.49. The first kappa shape index (κ1) is 18.2. The van der Waals surface area contributed by atoms with Gasteiger partial charge >= 0.3 is 0 Å². The SMILES string of the molecule is CCOc1ccccc1NC(=O)c1ccnc(NC2CCS(=O)(=O)C2)c1. The summed E-state index contributed by atoms with van der Waals surface area (Å²) in [6, 6.07) is 10.3. The number of ether oxygens (including phenoxy) is 1. The van der Waals surface area contributed by atoms with Gasteiger partial charge in [0, 0.05) is 17.8 Å². The van der Waals surface area contributed by atoms with Crippen LogP contribution in [-0.4, -0.2) is 43.5 Å². The number of carbonyl (C=O) groups is 1. The summed E-state index contributed by atoms with van der Waals surface area (Å²) in [5.41, 5.74) is 1.02. The number of rotatable bonds is 6. The second-order valence-corrected chi connectivity index (χ2v) is 8.29. The van der Waals surface area contributed by atoms with Crippen LogP contribution in [0.2, 0.25) is 0 Å². The lowest BCUT2D eigenvalue weighted by Gasteiger charge is -2.13. The van der Waals surface area contributed by atoms with Gasteiger partial charge in [0.05, 0.1) is 23.8 Å². The lowest BCUT2D eigenvalue weighted by molar-refractivity contribution is 0.102. The van der Waals surface area contributed by atoms with E-state index in [1.54, 1.807) is 24.3 Å². The number of hydrogen-bond donors (Lipinski definition) is 2. The number of para-hydroxylation sites is 2. The predicted molar refractivity (Wildman–Crippen MR) is 100 cm³/mol. The fourth-order valence-electron chi connectivity index (χ4n) is 2.81. The van der Waals surface area contributed by atoms with Crippen molar-refractivity contribution in [1.82, 2.24) is 4.98 Å². The van der Waals surface area contributed by atoms with E-state index in [0.717, 1.165) is 0 Å². The average molecular weight is 375 g/mol. The molecule has 1 fully saturated rings. The molecule has 3 rings (SSSR count). The molecule has 0 radical (unpaired) electrons. The van der Waals surface area contributed by atoms with Crippen molar-refractivity contribution >= 4 is 27.2 Å². The van der Waals surface area contributed by atoms with Gasteiger partial charge in [-0.3, -0.25) is 4.79 Å². The summed E-state index contributed by atoms with van der Waals surface area (Å²) >= 11 is 0. The zero-order valence-corrected chi connectivity index (χ0v) is 15.3. The molecule has 8 heteroatoms. The summed E-state index contributed by atoms with van der Waals surface area (Å²) in [4.78, 5) is 16.7. The molecule has 1 aromatic heterocycles. The minimum atomic E-state index is -2.98. The normalized spacial score (nSPS) is 18.3. The molecule has 1 unspecified atom stereocenters. The Hall–Kier alpha value is -2.61. The van der Waals surface area contributed by atoms with Crippen molar-refractivity contribution in [3.8, 4) is 5.75 Å². The number of carbonyl (C=O) groups excluding carboxylic acids is 1. The molecule has 2 heterocycles. The Bertz CT molecular complexity index is 899. The van der Waals surface area contributed by atoms with E-state index in [-0.39, 0.29) is 23.5 Å². The van der Waals surface area contributed by atoms with Crippen molar-refractivity contribution in [3.63, 3.8) is 0 Å². The molecule has 1 amide bonds. The molecule has 7 nitrogen and oxygen atoms in total. The van der Waals surface area contributed by atoms with Crippen LogP contribution in [0.15, 0.2) is 42.6 Å². The molecule has 26 heavy (non-hydrogen) atoms. The first-order valence-electron chi connectivity index (χ1n) is 8.43. The van der Waals surface area contributed by atoms with Crippen molar-refractivity contribution in [2.75, 3.05) is 28.7 Å². The van der Waals surface area contributed by atoms with Crippen molar-refractivity contribution < 1.29 is 17.9 Å². The molecule has 1 aliphatic heterocycles. The molecular weight excluding hydrogens is 354 g/mol. The first-order chi connectivity index (χ1) is 12.5. The highest BCUT2D eigenvalue weighted by atomic mass is 32.2. The van der Waals surface area contributed by atoms with Crippen LogP contribution in [0.5, 0.6) is 5.75 Å².